The van der Waals surface area contributed by atoms with Crippen molar-refractivity contribution in [3.8, 4) is 5.75 Å². The van der Waals surface area contributed by atoms with Crippen LogP contribution in [0.15, 0.2) is 29.1 Å². The van der Waals surface area contributed by atoms with Crippen LogP contribution >= 0.6 is 0 Å². The highest BCUT2D eigenvalue weighted by Crippen LogP contribution is 2.20. The number of hydrogen-bond acceptors (Lipinski definition) is 3. The summed E-state index contributed by atoms with van der Waals surface area (Å²) < 4.78 is 5.39. The summed E-state index contributed by atoms with van der Waals surface area (Å²) in [5.74, 6) is 0.463. The maximum atomic E-state index is 12.6. The number of pyridine rings is 1. The molecule has 0 fully saturated rings. The number of para-hydroxylation sites is 1. The first kappa shape index (κ1) is 22.5. The number of rotatable bonds is 13. The number of nitrogens with one attached hydrogen (secondary N) is 1. The van der Waals surface area contributed by atoms with E-state index in [0.29, 0.717) is 11.1 Å². The van der Waals surface area contributed by atoms with Gasteiger partial charge < -0.3 is 14.8 Å². The molecule has 0 atom stereocenters. The maximum absolute atomic E-state index is 12.6. The molecule has 28 heavy (non-hydrogen) atoms. The first-order chi connectivity index (χ1) is 13.4. The zero-order valence-electron chi connectivity index (χ0n) is 17.9. The molecule has 1 heterocycles. The summed E-state index contributed by atoms with van der Waals surface area (Å²) in [6.07, 6.45) is 12.7. The third kappa shape index (κ3) is 7.31. The molecular formula is C24H37NO3. The predicted molar refractivity (Wildman–Crippen MR) is 117 cm³/mol. The van der Waals surface area contributed by atoms with Crippen LogP contribution < -0.4 is 10.2 Å². The van der Waals surface area contributed by atoms with Crippen molar-refractivity contribution in [3.63, 3.8) is 0 Å². The SMILES string of the molecule is COc1c(CCCCCCCCCCCC(C)(C)O)[nH]c2ccccc2c1=O. The Morgan fingerprint density at radius 2 is 1.50 bits per heavy atom. The minimum atomic E-state index is -0.516. The van der Waals surface area contributed by atoms with E-state index in [1.807, 2.05) is 38.1 Å². The van der Waals surface area contributed by atoms with Gasteiger partial charge in [-0.2, -0.15) is 0 Å². The Labute approximate surface area is 169 Å². The molecule has 1 aromatic heterocycles. The van der Waals surface area contributed by atoms with Crippen molar-refractivity contribution < 1.29 is 9.84 Å². The Balaban J connectivity index is 1.64. The standard InChI is InChI=1S/C24H37NO3/c1-24(2,27)18-14-10-8-6-4-5-7-9-11-17-21-23(28-3)22(26)19-15-12-13-16-20(19)25-21/h12-13,15-16,27H,4-11,14,17-18H2,1-3H3,(H,25,26). The summed E-state index contributed by atoms with van der Waals surface area (Å²) in [4.78, 5) is 15.9. The lowest BCUT2D eigenvalue weighted by Crippen LogP contribution is -2.17. The van der Waals surface area contributed by atoms with Crippen molar-refractivity contribution in [1.29, 1.82) is 0 Å². The highest BCUT2D eigenvalue weighted by atomic mass is 16.5. The van der Waals surface area contributed by atoms with Gasteiger partial charge in [-0.3, -0.25) is 4.79 Å². The lowest BCUT2D eigenvalue weighted by atomic mass is 9.99. The number of unbranched alkanes of at least 4 members (excludes halogenated alkanes) is 8. The molecule has 0 bridgehead atoms. The van der Waals surface area contributed by atoms with Gasteiger partial charge in [-0.05, 0) is 45.2 Å². The molecule has 156 valence electrons. The molecule has 0 aliphatic heterocycles. The molecule has 0 saturated carbocycles. The van der Waals surface area contributed by atoms with Gasteiger partial charge >= 0.3 is 0 Å². The summed E-state index contributed by atoms with van der Waals surface area (Å²) in [6, 6.07) is 7.61. The van der Waals surface area contributed by atoms with E-state index in [1.54, 1.807) is 7.11 Å². The van der Waals surface area contributed by atoms with Crippen LogP contribution in [0.5, 0.6) is 5.75 Å². The second-order valence-corrected chi connectivity index (χ2v) is 8.51. The predicted octanol–water partition coefficient (Wildman–Crippen LogP) is 5.75. The average Bonchev–Trinajstić information content (AvgIpc) is 2.65. The number of aryl methyl sites for hydroxylation is 1. The van der Waals surface area contributed by atoms with E-state index >= 15 is 0 Å². The molecule has 4 heteroatoms. The molecule has 0 saturated heterocycles. The van der Waals surface area contributed by atoms with Crippen LogP contribution in [-0.2, 0) is 6.42 Å². The van der Waals surface area contributed by atoms with E-state index < -0.39 is 5.60 Å². The van der Waals surface area contributed by atoms with Gasteiger partial charge in [0.1, 0.15) is 0 Å². The fourth-order valence-electron chi connectivity index (χ4n) is 3.76. The van der Waals surface area contributed by atoms with Crippen molar-refractivity contribution in [2.75, 3.05) is 7.11 Å². The Bertz CT molecular complexity index is 773. The number of aromatic nitrogens is 1. The average molecular weight is 388 g/mol. The summed E-state index contributed by atoms with van der Waals surface area (Å²) >= 11 is 0. The van der Waals surface area contributed by atoms with Gasteiger partial charge in [0.05, 0.1) is 18.4 Å². The highest BCUT2D eigenvalue weighted by molar-refractivity contribution is 5.80. The summed E-state index contributed by atoms with van der Waals surface area (Å²) in [7, 11) is 1.57. The Kier molecular flexibility index (Phi) is 9.04. The van der Waals surface area contributed by atoms with E-state index in [1.165, 1.54) is 44.9 Å². The van der Waals surface area contributed by atoms with Crippen molar-refractivity contribution in [2.45, 2.75) is 90.1 Å². The molecule has 1 aromatic carbocycles. The monoisotopic (exact) mass is 387 g/mol. The Morgan fingerprint density at radius 3 is 2.11 bits per heavy atom. The molecule has 0 unspecified atom stereocenters. The van der Waals surface area contributed by atoms with Crippen LogP contribution in [0.4, 0.5) is 0 Å². The maximum Gasteiger partial charge on any atom is 0.231 e. The van der Waals surface area contributed by atoms with Crippen LogP contribution in [0.25, 0.3) is 10.9 Å². The second kappa shape index (κ2) is 11.3. The third-order valence-corrected chi connectivity index (χ3v) is 5.36. The molecule has 2 aromatic rings. The molecule has 2 rings (SSSR count). The highest BCUT2D eigenvalue weighted by Gasteiger charge is 2.12. The number of aliphatic hydroxyl groups is 1. The number of fused-ring (bicyclic) bond motifs is 1. The molecule has 0 radical (unpaired) electrons. The van der Waals surface area contributed by atoms with Crippen LogP contribution in [-0.4, -0.2) is 22.8 Å². The van der Waals surface area contributed by atoms with Gasteiger partial charge in [-0.1, -0.05) is 63.5 Å². The van der Waals surface area contributed by atoms with Crippen LogP contribution in [0, 0.1) is 0 Å². The molecule has 0 amide bonds. The molecule has 2 N–H and O–H groups in total. The lowest BCUT2D eigenvalue weighted by molar-refractivity contribution is 0.0680. The first-order valence-corrected chi connectivity index (χ1v) is 10.8. The van der Waals surface area contributed by atoms with Crippen molar-refractivity contribution in [1.82, 2.24) is 4.98 Å². The molecular weight excluding hydrogens is 350 g/mol. The smallest absolute Gasteiger partial charge is 0.231 e. The number of benzene rings is 1. The fourth-order valence-corrected chi connectivity index (χ4v) is 3.76. The number of methoxy groups -OCH3 is 1. The lowest BCUT2D eigenvalue weighted by Gasteiger charge is -2.16. The minimum Gasteiger partial charge on any atom is -0.491 e. The molecule has 0 aliphatic rings. The zero-order chi connectivity index (χ0) is 20.4. The van der Waals surface area contributed by atoms with Gasteiger partial charge in [0.15, 0.2) is 5.75 Å². The van der Waals surface area contributed by atoms with Crippen LogP contribution in [0.2, 0.25) is 0 Å². The van der Waals surface area contributed by atoms with E-state index in [2.05, 4.69) is 4.98 Å². The van der Waals surface area contributed by atoms with Crippen molar-refractivity contribution in [3.05, 3.63) is 40.2 Å². The molecule has 4 nitrogen and oxygen atoms in total. The minimum absolute atomic E-state index is 0.0172. The zero-order valence-corrected chi connectivity index (χ0v) is 17.9. The molecule has 0 spiro atoms. The van der Waals surface area contributed by atoms with Gasteiger partial charge in [0, 0.05) is 10.9 Å². The van der Waals surface area contributed by atoms with E-state index in [4.69, 9.17) is 4.74 Å². The third-order valence-electron chi connectivity index (χ3n) is 5.36. The number of aromatic amines is 1. The fraction of sp³-hybridized carbons (Fsp3) is 0.625. The molecule has 0 aliphatic carbocycles. The Morgan fingerprint density at radius 1 is 0.929 bits per heavy atom. The van der Waals surface area contributed by atoms with E-state index in [0.717, 1.165) is 36.9 Å². The normalized spacial score (nSPS) is 11.9. The van der Waals surface area contributed by atoms with E-state index in [-0.39, 0.29) is 5.43 Å². The van der Waals surface area contributed by atoms with Crippen molar-refractivity contribution in [2.24, 2.45) is 0 Å². The number of ether oxygens (including phenoxy) is 1. The summed E-state index contributed by atoms with van der Waals surface area (Å²) in [6.45, 7) is 3.77. The second-order valence-electron chi connectivity index (χ2n) is 8.51. The summed E-state index contributed by atoms with van der Waals surface area (Å²) in [5.41, 5.74) is 1.26. The topological polar surface area (TPSA) is 62.3 Å². The van der Waals surface area contributed by atoms with Gasteiger partial charge in [-0.15, -0.1) is 0 Å². The first-order valence-electron chi connectivity index (χ1n) is 10.8. The van der Waals surface area contributed by atoms with Gasteiger partial charge in [-0.25, -0.2) is 0 Å². The van der Waals surface area contributed by atoms with Crippen LogP contribution in [0.1, 0.15) is 83.7 Å². The number of hydrogen-bond donors (Lipinski definition) is 2. The Hall–Kier alpha value is -1.81. The largest absolute Gasteiger partial charge is 0.491 e. The summed E-state index contributed by atoms with van der Waals surface area (Å²) in [5, 5.41) is 10.4. The number of H-pyrrole nitrogens is 1. The van der Waals surface area contributed by atoms with Gasteiger partial charge in [0.2, 0.25) is 5.43 Å². The van der Waals surface area contributed by atoms with Gasteiger partial charge in [0.25, 0.3) is 0 Å². The quantitative estimate of drug-likeness (QED) is 0.430. The van der Waals surface area contributed by atoms with E-state index in [9.17, 15) is 9.90 Å². The van der Waals surface area contributed by atoms with Crippen LogP contribution in [0.3, 0.4) is 0 Å². The van der Waals surface area contributed by atoms with Crippen molar-refractivity contribution >= 4 is 10.9 Å².